The molecule has 3 rings (SSSR count). The number of carbonyl (C=O) groups is 2. The van der Waals surface area contributed by atoms with Crippen LogP contribution in [0.1, 0.15) is 48.0 Å². The summed E-state index contributed by atoms with van der Waals surface area (Å²) < 4.78 is 10.1. The van der Waals surface area contributed by atoms with E-state index in [0.717, 1.165) is 16.5 Å². The first-order valence-electron chi connectivity index (χ1n) is 9.82. The lowest BCUT2D eigenvalue weighted by Gasteiger charge is -2.19. The molecule has 0 atom stereocenters. The van der Waals surface area contributed by atoms with Gasteiger partial charge in [0.25, 0.3) is 0 Å². The molecule has 0 bridgehead atoms. The largest absolute Gasteiger partial charge is 0.465 e. The Kier molecular flexibility index (Phi) is 6.56. The Morgan fingerprint density at radius 3 is 2.48 bits per heavy atom. The maximum absolute atomic E-state index is 12.1. The summed E-state index contributed by atoms with van der Waals surface area (Å²) in [6.07, 6.45) is -0.518. The van der Waals surface area contributed by atoms with Crippen LogP contribution >= 0.6 is 0 Å². The van der Waals surface area contributed by atoms with Crippen molar-refractivity contribution in [3.63, 3.8) is 0 Å². The minimum absolute atomic E-state index is 0.204. The van der Waals surface area contributed by atoms with Crippen molar-refractivity contribution < 1.29 is 19.1 Å². The number of alkyl carbamates (subject to hydrolysis) is 1. The molecule has 0 radical (unpaired) electrons. The molecule has 0 saturated heterocycles. The van der Waals surface area contributed by atoms with Gasteiger partial charge in [-0.2, -0.15) is 0 Å². The summed E-state index contributed by atoms with van der Waals surface area (Å²) >= 11 is 0. The lowest BCUT2D eigenvalue weighted by molar-refractivity contribution is 0.0522. The van der Waals surface area contributed by atoms with Crippen molar-refractivity contribution in [1.82, 2.24) is 10.3 Å². The average Bonchev–Trinajstić information content (AvgIpc) is 2.74. The molecule has 0 unspecified atom stereocenters. The lowest BCUT2D eigenvalue weighted by Crippen LogP contribution is -2.32. The number of ether oxygens (including phenoxy) is 2. The van der Waals surface area contributed by atoms with E-state index in [0.29, 0.717) is 16.8 Å². The number of hydrogen-bond acceptors (Lipinski definition) is 5. The zero-order valence-corrected chi connectivity index (χ0v) is 18.0. The summed E-state index contributed by atoms with van der Waals surface area (Å²) in [5.41, 5.74) is 2.37. The van der Waals surface area contributed by atoms with Gasteiger partial charge in [0.15, 0.2) is 0 Å². The van der Waals surface area contributed by atoms with E-state index in [2.05, 4.69) is 22.1 Å². The highest BCUT2D eigenvalue weighted by Gasteiger charge is 2.16. The predicted molar refractivity (Wildman–Crippen MR) is 119 cm³/mol. The molecule has 2 aromatic carbocycles. The number of carbonyl (C=O) groups excluding carboxylic acids is 2. The van der Waals surface area contributed by atoms with Crippen LogP contribution in [-0.2, 0) is 16.0 Å². The third-order valence-electron chi connectivity index (χ3n) is 4.27. The SMILES string of the molecule is COC(=O)c1ccccc1C#Cc1nc2ccccc2cc1CNC(=O)OC(C)(C)C. The molecular weight excluding hydrogens is 392 g/mol. The lowest BCUT2D eigenvalue weighted by atomic mass is 10.1. The van der Waals surface area contributed by atoms with Gasteiger partial charge >= 0.3 is 12.1 Å². The summed E-state index contributed by atoms with van der Waals surface area (Å²) in [6, 6.07) is 16.6. The standard InChI is InChI=1S/C25H24N2O4/c1-25(2,3)31-24(29)26-16-19-15-18-10-6-8-12-21(18)27-22(19)14-13-17-9-5-7-11-20(17)23(28)30-4/h5-12,15H,16H2,1-4H3,(H,26,29). The van der Waals surface area contributed by atoms with E-state index in [4.69, 9.17) is 9.47 Å². The van der Waals surface area contributed by atoms with Crippen LogP contribution in [0.4, 0.5) is 4.79 Å². The van der Waals surface area contributed by atoms with Gasteiger partial charge in [0, 0.05) is 23.1 Å². The van der Waals surface area contributed by atoms with Crippen molar-refractivity contribution in [2.45, 2.75) is 32.9 Å². The van der Waals surface area contributed by atoms with Crippen molar-refractivity contribution in [2.24, 2.45) is 0 Å². The first-order valence-corrected chi connectivity index (χ1v) is 9.82. The van der Waals surface area contributed by atoms with E-state index in [1.807, 2.05) is 30.3 Å². The maximum Gasteiger partial charge on any atom is 0.407 e. The van der Waals surface area contributed by atoms with Crippen LogP contribution in [0.5, 0.6) is 0 Å². The molecule has 0 fully saturated rings. The molecule has 0 saturated carbocycles. The number of rotatable bonds is 3. The van der Waals surface area contributed by atoms with Gasteiger partial charge in [0.2, 0.25) is 0 Å². The molecule has 158 valence electrons. The van der Waals surface area contributed by atoms with Gasteiger partial charge in [-0.15, -0.1) is 0 Å². The van der Waals surface area contributed by atoms with Crippen LogP contribution in [0, 0.1) is 11.8 Å². The van der Waals surface area contributed by atoms with Gasteiger partial charge in [-0.05, 0) is 51.0 Å². The second-order valence-electron chi connectivity index (χ2n) is 7.83. The number of aromatic nitrogens is 1. The molecule has 6 heteroatoms. The van der Waals surface area contributed by atoms with Crippen molar-refractivity contribution in [3.05, 3.63) is 77.0 Å². The van der Waals surface area contributed by atoms with Gasteiger partial charge < -0.3 is 14.8 Å². The van der Waals surface area contributed by atoms with Crippen LogP contribution in [0.2, 0.25) is 0 Å². The van der Waals surface area contributed by atoms with Crippen LogP contribution in [0.25, 0.3) is 10.9 Å². The van der Waals surface area contributed by atoms with Gasteiger partial charge in [0.05, 0.1) is 18.2 Å². The van der Waals surface area contributed by atoms with E-state index in [1.165, 1.54) is 7.11 Å². The number of benzene rings is 2. The fourth-order valence-corrected chi connectivity index (χ4v) is 2.89. The van der Waals surface area contributed by atoms with Crippen LogP contribution in [0.3, 0.4) is 0 Å². The van der Waals surface area contributed by atoms with Gasteiger partial charge in [-0.3, -0.25) is 0 Å². The normalized spacial score (nSPS) is 10.7. The number of para-hydroxylation sites is 1. The Hall–Kier alpha value is -3.85. The number of esters is 1. The smallest absolute Gasteiger partial charge is 0.407 e. The molecule has 1 aromatic heterocycles. The summed E-state index contributed by atoms with van der Waals surface area (Å²) in [7, 11) is 1.33. The summed E-state index contributed by atoms with van der Waals surface area (Å²) in [5.74, 6) is 5.62. The molecule has 3 aromatic rings. The number of fused-ring (bicyclic) bond motifs is 1. The van der Waals surface area contributed by atoms with E-state index >= 15 is 0 Å². The number of nitrogens with zero attached hydrogens (tertiary/aromatic N) is 1. The van der Waals surface area contributed by atoms with E-state index in [9.17, 15) is 9.59 Å². The zero-order valence-electron chi connectivity index (χ0n) is 18.0. The number of nitrogens with one attached hydrogen (secondary N) is 1. The van der Waals surface area contributed by atoms with E-state index in [1.54, 1.807) is 45.0 Å². The molecule has 0 spiro atoms. The number of hydrogen-bond donors (Lipinski definition) is 1. The highest BCUT2D eigenvalue weighted by Crippen LogP contribution is 2.17. The molecule has 31 heavy (non-hydrogen) atoms. The number of pyridine rings is 1. The quantitative estimate of drug-likeness (QED) is 0.504. The number of methoxy groups -OCH3 is 1. The molecule has 0 aliphatic carbocycles. The highest BCUT2D eigenvalue weighted by atomic mass is 16.6. The summed E-state index contributed by atoms with van der Waals surface area (Å²) in [6.45, 7) is 5.62. The second-order valence-corrected chi connectivity index (χ2v) is 7.83. The third kappa shape index (κ3) is 5.83. The van der Waals surface area contributed by atoms with Crippen molar-refractivity contribution in [2.75, 3.05) is 7.11 Å². The average molecular weight is 416 g/mol. The Morgan fingerprint density at radius 1 is 1.03 bits per heavy atom. The first kappa shape index (κ1) is 21.8. The molecular formula is C25H24N2O4. The van der Waals surface area contributed by atoms with Gasteiger partial charge in [-0.25, -0.2) is 14.6 Å². The molecule has 6 nitrogen and oxygen atoms in total. The second kappa shape index (κ2) is 9.31. The molecule has 0 aliphatic rings. The monoisotopic (exact) mass is 416 g/mol. The van der Waals surface area contributed by atoms with E-state index in [-0.39, 0.29) is 6.54 Å². The summed E-state index contributed by atoms with van der Waals surface area (Å²) in [5, 5.41) is 3.69. The van der Waals surface area contributed by atoms with Crippen LogP contribution in [0.15, 0.2) is 54.6 Å². The molecule has 1 amide bonds. The number of amides is 1. The Bertz CT molecular complexity index is 1180. The van der Waals surface area contributed by atoms with Gasteiger partial charge in [0.1, 0.15) is 11.3 Å². The third-order valence-corrected chi connectivity index (χ3v) is 4.27. The molecule has 1 N–H and O–H groups in total. The van der Waals surface area contributed by atoms with Crippen molar-refractivity contribution in [3.8, 4) is 11.8 Å². The van der Waals surface area contributed by atoms with Crippen LogP contribution < -0.4 is 5.32 Å². The minimum Gasteiger partial charge on any atom is -0.465 e. The molecule has 1 heterocycles. The van der Waals surface area contributed by atoms with Gasteiger partial charge in [-0.1, -0.05) is 36.3 Å². The first-order chi connectivity index (χ1) is 14.8. The zero-order chi connectivity index (χ0) is 22.4. The van der Waals surface area contributed by atoms with Crippen molar-refractivity contribution >= 4 is 23.0 Å². The fraction of sp³-hybridized carbons (Fsp3) is 0.240. The highest BCUT2D eigenvalue weighted by molar-refractivity contribution is 5.92. The maximum atomic E-state index is 12.1. The predicted octanol–water partition coefficient (Wildman–Crippen LogP) is 4.45. The Balaban J connectivity index is 1.97. The summed E-state index contributed by atoms with van der Waals surface area (Å²) in [4.78, 5) is 28.8. The Morgan fingerprint density at radius 2 is 1.74 bits per heavy atom. The van der Waals surface area contributed by atoms with Crippen LogP contribution in [-0.4, -0.2) is 29.8 Å². The minimum atomic E-state index is -0.591. The van der Waals surface area contributed by atoms with E-state index < -0.39 is 17.7 Å². The topological polar surface area (TPSA) is 77.5 Å². The van der Waals surface area contributed by atoms with Crippen molar-refractivity contribution in [1.29, 1.82) is 0 Å². The molecule has 0 aliphatic heterocycles. The Labute approximate surface area is 181 Å². The fourth-order valence-electron chi connectivity index (χ4n) is 2.89.